The molecule has 2 heteroatoms. The molecule has 1 aromatic heterocycles. The third kappa shape index (κ3) is 2.11. The molecule has 0 bridgehead atoms. The zero-order valence-electron chi connectivity index (χ0n) is 11.9. The number of hydrogen-bond acceptors (Lipinski definition) is 2. The molecule has 104 valence electrons. The molecule has 0 saturated heterocycles. The molecule has 0 unspecified atom stereocenters. The van der Waals surface area contributed by atoms with Gasteiger partial charge in [0.2, 0.25) is 0 Å². The minimum atomic E-state index is 0.287. The van der Waals surface area contributed by atoms with Crippen LogP contribution in [0.15, 0.2) is 66.0 Å². The Balaban J connectivity index is 1.75. The lowest BCUT2D eigenvalue weighted by atomic mass is 10.0. The van der Waals surface area contributed by atoms with Crippen LogP contribution in [0.4, 0.5) is 0 Å². The highest BCUT2D eigenvalue weighted by atomic mass is 32.1. The SMILES string of the molecule is C[C@@H](NC1c2ccccc2-c2ccccc21)c1cccs1. The summed E-state index contributed by atoms with van der Waals surface area (Å²) in [6, 6.07) is 22.4. The largest absolute Gasteiger partial charge is 0.299 e. The summed E-state index contributed by atoms with van der Waals surface area (Å²) in [7, 11) is 0. The van der Waals surface area contributed by atoms with Crippen LogP contribution in [0, 0.1) is 0 Å². The van der Waals surface area contributed by atoms with Gasteiger partial charge in [0.15, 0.2) is 0 Å². The molecular weight excluding hydrogens is 274 g/mol. The molecule has 1 nitrogen and oxygen atoms in total. The van der Waals surface area contributed by atoms with Gasteiger partial charge in [-0.05, 0) is 40.6 Å². The van der Waals surface area contributed by atoms with Crippen LogP contribution >= 0.6 is 11.3 Å². The molecule has 1 heterocycles. The fourth-order valence-electron chi connectivity index (χ4n) is 3.20. The van der Waals surface area contributed by atoms with Gasteiger partial charge in [0, 0.05) is 10.9 Å². The van der Waals surface area contributed by atoms with Crippen LogP contribution in [-0.2, 0) is 0 Å². The summed E-state index contributed by atoms with van der Waals surface area (Å²) < 4.78 is 0. The maximum atomic E-state index is 3.80. The van der Waals surface area contributed by atoms with E-state index >= 15 is 0 Å². The van der Waals surface area contributed by atoms with E-state index in [1.807, 2.05) is 11.3 Å². The van der Waals surface area contributed by atoms with E-state index in [0.29, 0.717) is 6.04 Å². The number of hydrogen-bond donors (Lipinski definition) is 1. The molecule has 0 amide bonds. The van der Waals surface area contributed by atoms with E-state index in [4.69, 9.17) is 0 Å². The number of benzene rings is 2. The summed E-state index contributed by atoms with van der Waals surface area (Å²) in [6.07, 6.45) is 0. The molecule has 1 atom stereocenters. The first kappa shape index (κ1) is 12.8. The molecule has 0 aliphatic heterocycles. The van der Waals surface area contributed by atoms with Crippen LogP contribution in [0.1, 0.15) is 35.0 Å². The fourth-order valence-corrected chi connectivity index (χ4v) is 3.95. The van der Waals surface area contributed by atoms with E-state index in [1.54, 1.807) is 0 Å². The van der Waals surface area contributed by atoms with Crippen LogP contribution in [0.2, 0.25) is 0 Å². The van der Waals surface area contributed by atoms with Gasteiger partial charge >= 0.3 is 0 Å². The van der Waals surface area contributed by atoms with Crippen molar-refractivity contribution in [3.63, 3.8) is 0 Å². The summed E-state index contributed by atoms with van der Waals surface area (Å²) in [5.41, 5.74) is 5.51. The summed E-state index contributed by atoms with van der Waals surface area (Å²) in [5.74, 6) is 0. The summed E-state index contributed by atoms with van der Waals surface area (Å²) in [6.45, 7) is 2.25. The van der Waals surface area contributed by atoms with Crippen molar-refractivity contribution >= 4 is 11.3 Å². The Kier molecular flexibility index (Phi) is 3.13. The Morgan fingerprint density at radius 2 is 1.48 bits per heavy atom. The molecule has 4 rings (SSSR count). The zero-order valence-corrected chi connectivity index (χ0v) is 12.7. The van der Waals surface area contributed by atoms with Crippen LogP contribution in [-0.4, -0.2) is 0 Å². The monoisotopic (exact) mass is 291 g/mol. The summed E-state index contributed by atoms with van der Waals surface area (Å²) in [5, 5.41) is 5.95. The highest BCUT2D eigenvalue weighted by Crippen LogP contribution is 2.44. The van der Waals surface area contributed by atoms with Gasteiger partial charge < -0.3 is 0 Å². The predicted octanol–water partition coefficient (Wildman–Crippen LogP) is 5.17. The Morgan fingerprint density at radius 3 is 2.05 bits per heavy atom. The van der Waals surface area contributed by atoms with E-state index < -0.39 is 0 Å². The highest BCUT2D eigenvalue weighted by molar-refractivity contribution is 7.10. The molecule has 0 radical (unpaired) electrons. The molecule has 0 fully saturated rings. The molecular formula is C19H17NS. The number of nitrogens with one attached hydrogen (secondary N) is 1. The first-order valence-corrected chi connectivity index (χ1v) is 8.20. The summed E-state index contributed by atoms with van der Waals surface area (Å²) >= 11 is 1.81. The first-order valence-electron chi connectivity index (χ1n) is 7.32. The van der Waals surface area contributed by atoms with Crippen molar-refractivity contribution in [3.8, 4) is 11.1 Å². The lowest BCUT2D eigenvalue weighted by molar-refractivity contribution is 0.529. The van der Waals surface area contributed by atoms with Gasteiger partial charge in [0.1, 0.15) is 0 Å². The molecule has 1 aliphatic carbocycles. The van der Waals surface area contributed by atoms with Crippen LogP contribution in [0.3, 0.4) is 0 Å². The quantitative estimate of drug-likeness (QED) is 0.702. The predicted molar refractivity (Wildman–Crippen MR) is 89.6 cm³/mol. The third-order valence-corrected chi connectivity index (χ3v) is 5.28. The molecule has 0 spiro atoms. The minimum absolute atomic E-state index is 0.287. The van der Waals surface area contributed by atoms with E-state index in [2.05, 4.69) is 78.3 Å². The van der Waals surface area contributed by atoms with Crippen molar-refractivity contribution in [1.82, 2.24) is 5.32 Å². The van der Waals surface area contributed by atoms with Crippen molar-refractivity contribution in [2.45, 2.75) is 19.0 Å². The van der Waals surface area contributed by atoms with E-state index in [9.17, 15) is 0 Å². The number of thiophene rings is 1. The molecule has 2 aromatic carbocycles. The average Bonchev–Trinajstić information content (AvgIpc) is 3.15. The third-order valence-electron chi connectivity index (χ3n) is 4.22. The van der Waals surface area contributed by atoms with Crippen molar-refractivity contribution in [2.75, 3.05) is 0 Å². The van der Waals surface area contributed by atoms with Crippen LogP contribution < -0.4 is 5.32 Å². The number of fused-ring (bicyclic) bond motifs is 3. The Morgan fingerprint density at radius 1 is 0.857 bits per heavy atom. The Hall–Kier alpha value is -1.90. The maximum Gasteiger partial charge on any atom is 0.0593 e. The average molecular weight is 291 g/mol. The van der Waals surface area contributed by atoms with Gasteiger partial charge in [-0.2, -0.15) is 0 Å². The Labute approximate surface area is 129 Å². The van der Waals surface area contributed by atoms with Crippen molar-refractivity contribution in [2.24, 2.45) is 0 Å². The normalized spacial score (nSPS) is 14.7. The Bertz CT molecular complexity index is 715. The molecule has 3 aromatic rings. The standard InChI is InChI=1S/C19H17NS/c1-13(18-11-6-12-21-18)20-19-16-9-4-2-7-14(16)15-8-3-5-10-17(15)19/h2-13,19-20H,1H3/t13-/m1/s1. The molecule has 1 N–H and O–H groups in total. The van der Waals surface area contributed by atoms with Crippen LogP contribution in [0.25, 0.3) is 11.1 Å². The van der Waals surface area contributed by atoms with Crippen molar-refractivity contribution < 1.29 is 0 Å². The van der Waals surface area contributed by atoms with Gasteiger partial charge in [-0.15, -0.1) is 11.3 Å². The second kappa shape index (κ2) is 5.14. The van der Waals surface area contributed by atoms with Gasteiger partial charge in [0.05, 0.1) is 6.04 Å². The minimum Gasteiger partial charge on any atom is -0.299 e. The van der Waals surface area contributed by atoms with Crippen molar-refractivity contribution in [1.29, 1.82) is 0 Å². The van der Waals surface area contributed by atoms with Crippen molar-refractivity contribution in [3.05, 3.63) is 82.0 Å². The fraction of sp³-hybridized carbons (Fsp3) is 0.158. The topological polar surface area (TPSA) is 12.0 Å². The lowest BCUT2D eigenvalue weighted by Crippen LogP contribution is -2.23. The maximum absolute atomic E-state index is 3.80. The summed E-state index contributed by atoms with van der Waals surface area (Å²) in [4.78, 5) is 1.39. The van der Waals surface area contributed by atoms with Gasteiger partial charge in [-0.25, -0.2) is 0 Å². The van der Waals surface area contributed by atoms with Gasteiger partial charge in [0.25, 0.3) is 0 Å². The van der Waals surface area contributed by atoms with E-state index in [0.717, 1.165) is 0 Å². The lowest BCUT2D eigenvalue weighted by Gasteiger charge is -2.20. The smallest absolute Gasteiger partial charge is 0.0593 e. The molecule has 21 heavy (non-hydrogen) atoms. The van der Waals surface area contributed by atoms with E-state index in [-0.39, 0.29) is 6.04 Å². The second-order valence-corrected chi connectivity index (χ2v) is 6.49. The van der Waals surface area contributed by atoms with Gasteiger partial charge in [-0.3, -0.25) is 5.32 Å². The van der Waals surface area contributed by atoms with Gasteiger partial charge in [-0.1, -0.05) is 54.6 Å². The highest BCUT2D eigenvalue weighted by Gasteiger charge is 2.28. The zero-order chi connectivity index (χ0) is 14.2. The van der Waals surface area contributed by atoms with Crippen LogP contribution in [0.5, 0.6) is 0 Å². The second-order valence-electron chi connectivity index (χ2n) is 5.51. The molecule has 0 saturated carbocycles. The molecule has 1 aliphatic rings. The number of rotatable bonds is 3. The van der Waals surface area contributed by atoms with E-state index in [1.165, 1.54) is 27.1 Å². The first-order chi connectivity index (χ1) is 10.3.